The molecule has 2 atom stereocenters. The number of hydrogen-bond donors (Lipinski definition) is 1. The fraction of sp³-hybridized carbons (Fsp3) is 0.286. The van der Waals surface area contributed by atoms with E-state index in [4.69, 9.17) is 5.73 Å². The van der Waals surface area contributed by atoms with Crippen LogP contribution in [0.15, 0.2) is 65.6 Å². The standard InChI is InChI=1S/C21H22N4O2/c22-10-17-12-24(13-19(17)15-6-2-1-3-7-15)20(26)14-25-21(27)18-9-5-4-8-16(18)11-23-25/h1-9,11,17,19H,10,12-14,22H2/t17-,19+/m1/s1. The molecule has 2 heterocycles. The summed E-state index contributed by atoms with van der Waals surface area (Å²) in [7, 11) is 0. The first-order valence-corrected chi connectivity index (χ1v) is 9.15. The van der Waals surface area contributed by atoms with Crippen molar-refractivity contribution >= 4 is 16.7 Å². The fourth-order valence-electron chi connectivity index (χ4n) is 3.86. The second-order valence-electron chi connectivity index (χ2n) is 7.01. The number of aromatic nitrogens is 2. The van der Waals surface area contributed by atoms with Gasteiger partial charge in [-0.05, 0) is 24.1 Å². The van der Waals surface area contributed by atoms with Crippen molar-refractivity contribution in [3.8, 4) is 0 Å². The van der Waals surface area contributed by atoms with E-state index in [1.54, 1.807) is 17.2 Å². The highest BCUT2D eigenvalue weighted by atomic mass is 16.2. The molecule has 138 valence electrons. The summed E-state index contributed by atoms with van der Waals surface area (Å²) in [6.07, 6.45) is 1.63. The summed E-state index contributed by atoms with van der Waals surface area (Å²) >= 11 is 0. The smallest absolute Gasteiger partial charge is 0.275 e. The molecule has 2 N–H and O–H groups in total. The summed E-state index contributed by atoms with van der Waals surface area (Å²) in [5.41, 5.74) is 6.92. The van der Waals surface area contributed by atoms with Crippen LogP contribution in [0, 0.1) is 5.92 Å². The number of fused-ring (bicyclic) bond motifs is 1. The lowest BCUT2D eigenvalue weighted by atomic mass is 9.89. The average molecular weight is 362 g/mol. The minimum Gasteiger partial charge on any atom is -0.340 e. The van der Waals surface area contributed by atoms with Crippen molar-refractivity contribution in [3.63, 3.8) is 0 Å². The van der Waals surface area contributed by atoms with Gasteiger partial charge in [0.1, 0.15) is 6.54 Å². The fourth-order valence-corrected chi connectivity index (χ4v) is 3.86. The Kier molecular flexibility index (Phi) is 4.73. The summed E-state index contributed by atoms with van der Waals surface area (Å²) < 4.78 is 1.25. The van der Waals surface area contributed by atoms with Crippen molar-refractivity contribution in [2.45, 2.75) is 12.5 Å². The molecule has 1 saturated heterocycles. The lowest BCUT2D eigenvalue weighted by molar-refractivity contribution is -0.131. The Morgan fingerprint density at radius 1 is 1.07 bits per heavy atom. The molecule has 4 rings (SSSR count). The number of carbonyl (C=O) groups excluding carboxylic acids is 1. The Labute approximate surface area is 157 Å². The van der Waals surface area contributed by atoms with E-state index in [9.17, 15) is 9.59 Å². The van der Waals surface area contributed by atoms with Gasteiger partial charge in [-0.25, -0.2) is 4.68 Å². The van der Waals surface area contributed by atoms with Crippen LogP contribution in [0.25, 0.3) is 10.8 Å². The Morgan fingerprint density at radius 3 is 2.59 bits per heavy atom. The summed E-state index contributed by atoms with van der Waals surface area (Å²) in [6.45, 7) is 1.70. The third kappa shape index (κ3) is 3.36. The average Bonchev–Trinajstić information content (AvgIpc) is 3.15. The molecule has 0 bridgehead atoms. The van der Waals surface area contributed by atoms with Crippen LogP contribution < -0.4 is 11.3 Å². The predicted octanol–water partition coefficient (Wildman–Crippen LogP) is 1.60. The maximum Gasteiger partial charge on any atom is 0.275 e. The van der Waals surface area contributed by atoms with Gasteiger partial charge in [-0.1, -0.05) is 48.5 Å². The molecular formula is C21H22N4O2. The number of nitrogens with two attached hydrogens (primary N) is 1. The molecule has 6 nitrogen and oxygen atoms in total. The Hall–Kier alpha value is -2.99. The van der Waals surface area contributed by atoms with Gasteiger partial charge in [0.25, 0.3) is 5.56 Å². The highest BCUT2D eigenvalue weighted by Crippen LogP contribution is 2.32. The maximum absolute atomic E-state index is 12.8. The zero-order valence-electron chi connectivity index (χ0n) is 15.0. The first-order chi connectivity index (χ1) is 13.2. The minimum absolute atomic E-state index is 0.0531. The van der Waals surface area contributed by atoms with Crippen molar-refractivity contribution in [1.82, 2.24) is 14.7 Å². The van der Waals surface area contributed by atoms with Crippen LogP contribution in [-0.4, -0.2) is 40.2 Å². The monoisotopic (exact) mass is 362 g/mol. The number of rotatable bonds is 4. The van der Waals surface area contributed by atoms with Crippen LogP contribution in [-0.2, 0) is 11.3 Å². The Bertz CT molecular complexity index is 1020. The lowest BCUT2D eigenvalue weighted by Gasteiger charge is -2.17. The summed E-state index contributed by atoms with van der Waals surface area (Å²) in [6, 6.07) is 17.4. The maximum atomic E-state index is 12.8. The number of benzene rings is 2. The molecule has 0 radical (unpaired) electrons. The van der Waals surface area contributed by atoms with Gasteiger partial charge in [0.2, 0.25) is 5.91 Å². The number of nitrogens with zero attached hydrogens (tertiary/aromatic N) is 3. The van der Waals surface area contributed by atoms with Crippen LogP contribution >= 0.6 is 0 Å². The molecule has 0 aliphatic carbocycles. The van der Waals surface area contributed by atoms with E-state index >= 15 is 0 Å². The van der Waals surface area contributed by atoms with E-state index in [2.05, 4.69) is 17.2 Å². The molecule has 27 heavy (non-hydrogen) atoms. The third-order valence-electron chi connectivity index (χ3n) is 5.37. The third-order valence-corrected chi connectivity index (χ3v) is 5.37. The van der Waals surface area contributed by atoms with E-state index in [1.807, 2.05) is 36.4 Å². The molecule has 0 spiro atoms. The summed E-state index contributed by atoms with van der Waals surface area (Å²) in [4.78, 5) is 27.2. The van der Waals surface area contributed by atoms with Crippen LogP contribution in [0.2, 0.25) is 0 Å². The van der Waals surface area contributed by atoms with E-state index in [0.29, 0.717) is 25.0 Å². The van der Waals surface area contributed by atoms with Crippen LogP contribution in [0.5, 0.6) is 0 Å². The Balaban J connectivity index is 1.54. The summed E-state index contributed by atoms with van der Waals surface area (Å²) in [5.74, 6) is 0.343. The lowest BCUT2D eigenvalue weighted by Crippen LogP contribution is -2.36. The highest BCUT2D eigenvalue weighted by Gasteiger charge is 2.35. The SMILES string of the molecule is NC[C@@H]1CN(C(=O)Cn2ncc3ccccc3c2=O)C[C@H]1c1ccccc1. The van der Waals surface area contributed by atoms with Gasteiger partial charge in [0.15, 0.2) is 0 Å². The number of amides is 1. The molecule has 0 saturated carbocycles. The first kappa shape index (κ1) is 17.4. The van der Waals surface area contributed by atoms with Gasteiger partial charge in [-0.3, -0.25) is 9.59 Å². The molecule has 6 heteroatoms. The molecule has 1 fully saturated rings. The topological polar surface area (TPSA) is 81.2 Å². The van der Waals surface area contributed by atoms with Gasteiger partial charge in [0, 0.05) is 24.4 Å². The second-order valence-corrected chi connectivity index (χ2v) is 7.01. The van der Waals surface area contributed by atoms with E-state index in [0.717, 1.165) is 5.39 Å². The van der Waals surface area contributed by atoms with Crippen molar-refractivity contribution in [1.29, 1.82) is 0 Å². The zero-order chi connectivity index (χ0) is 18.8. The van der Waals surface area contributed by atoms with Crippen molar-refractivity contribution in [3.05, 3.63) is 76.7 Å². The molecule has 1 amide bonds. The van der Waals surface area contributed by atoms with Crippen molar-refractivity contribution in [2.75, 3.05) is 19.6 Å². The first-order valence-electron chi connectivity index (χ1n) is 9.15. The van der Waals surface area contributed by atoms with Crippen LogP contribution in [0.1, 0.15) is 11.5 Å². The van der Waals surface area contributed by atoms with Gasteiger partial charge >= 0.3 is 0 Å². The Morgan fingerprint density at radius 2 is 1.81 bits per heavy atom. The normalized spacial score (nSPS) is 19.5. The van der Waals surface area contributed by atoms with Crippen molar-refractivity contribution in [2.24, 2.45) is 11.7 Å². The number of likely N-dealkylation sites (tertiary alicyclic amines) is 1. The number of hydrogen-bond acceptors (Lipinski definition) is 4. The molecule has 0 unspecified atom stereocenters. The van der Waals surface area contributed by atoms with Gasteiger partial charge in [-0.15, -0.1) is 0 Å². The van der Waals surface area contributed by atoms with Gasteiger partial charge in [0.05, 0.1) is 11.6 Å². The summed E-state index contributed by atoms with van der Waals surface area (Å²) in [5, 5.41) is 5.52. The molecular weight excluding hydrogens is 340 g/mol. The van der Waals surface area contributed by atoms with Crippen LogP contribution in [0.4, 0.5) is 0 Å². The highest BCUT2D eigenvalue weighted by molar-refractivity contribution is 5.81. The molecule has 1 aliphatic rings. The minimum atomic E-state index is -0.240. The van der Waals surface area contributed by atoms with Gasteiger partial charge in [-0.2, -0.15) is 5.10 Å². The van der Waals surface area contributed by atoms with Gasteiger partial charge < -0.3 is 10.6 Å². The van der Waals surface area contributed by atoms with E-state index in [-0.39, 0.29) is 29.8 Å². The zero-order valence-corrected chi connectivity index (χ0v) is 15.0. The molecule has 1 aromatic heterocycles. The number of carbonyl (C=O) groups is 1. The molecule has 1 aliphatic heterocycles. The largest absolute Gasteiger partial charge is 0.340 e. The predicted molar refractivity (Wildman–Crippen MR) is 104 cm³/mol. The van der Waals surface area contributed by atoms with Crippen molar-refractivity contribution < 1.29 is 4.79 Å². The second kappa shape index (κ2) is 7.32. The van der Waals surface area contributed by atoms with E-state index < -0.39 is 0 Å². The van der Waals surface area contributed by atoms with Crippen LogP contribution in [0.3, 0.4) is 0 Å². The quantitative estimate of drug-likeness (QED) is 0.764. The van der Waals surface area contributed by atoms with E-state index in [1.165, 1.54) is 10.2 Å². The molecule has 3 aromatic rings. The molecule has 2 aromatic carbocycles.